The van der Waals surface area contributed by atoms with E-state index in [0.717, 1.165) is 32.4 Å². The van der Waals surface area contributed by atoms with Gasteiger partial charge in [0, 0.05) is 18.7 Å². The van der Waals surface area contributed by atoms with Crippen LogP contribution in [-0.2, 0) is 0 Å². The third-order valence-corrected chi connectivity index (χ3v) is 2.78. The molecule has 0 bridgehead atoms. The lowest BCUT2D eigenvalue weighted by Gasteiger charge is -2.32. The van der Waals surface area contributed by atoms with Crippen molar-refractivity contribution in [2.75, 3.05) is 33.8 Å². The predicted octanol–water partition coefficient (Wildman–Crippen LogP) is 1.08. The first-order valence-electron chi connectivity index (χ1n) is 5.49. The highest BCUT2D eigenvalue weighted by atomic mass is 16.2. The second-order valence-electron chi connectivity index (χ2n) is 4.67. The number of aliphatic hydroxyl groups is 1. The molecule has 0 heterocycles. The quantitative estimate of drug-likeness (QED) is 0.578. The fraction of sp³-hybridized carbons (Fsp3) is 1.00. The first kappa shape index (κ1) is 13.9. The molecule has 0 radical (unpaired) electrons. The molecule has 0 aromatic rings. The third-order valence-electron chi connectivity index (χ3n) is 2.78. The van der Waals surface area contributed by atoms with Crippen LogP contribution in [0.4, 0.5) is 0 Å². The van der Waals surface area contributed by atoms with Crippen LogP contribution in [0, 0.1) is 0 Å². The number of hydrogen-bond acceptors (Lipinski definition) is 3. The average Bonchev–Trinajstić information content (AvgIpc) is 2.10. The summed E-state index contributed by atoms with van der Waals surface area (Å²) in [5.41, 5.74) is 0.219. The molecule has 3 heteroatoms. The van der Waals surface area contributed by atoms with Crippen LogP contribution in [0.2, 0.25) is 0 Å². The van der Waals surface area contributed by atoms with Gasteiger partial charge in [0.2, 0.25) is 0 Å². The molecule has 0 atom stereocenters. The largest absolute Gasteiger partial charge is 0.396 e. The highest BCUT2D eigenvalue weighted by Gasteiger charge is 2.18. The van der Waals surface area contributed by atoms with Crippen molar-refractivity contribution in [2.24, 2.45) is 0 Å². The summed E-state index contributed by atoms with van der Waals surface area (Å²) in [5.74, 6) is 0. The molecule has 0 aliphatic heterocycles. The summed E-state index contributed by atoms with van der Waals surface area (Å²) in [7, 11) is 4.21. The lowest BCUT2D eigenvalue weighted by Crippen LogP contribution is -2.46. The number of rotatable bonds is 8. The standard InChI is InChI=1S/C11H26N2O/c1-11(2,13(3)4)10-12-8-6-5-7-9-14/h12,14H,5-10H2,1-4H3. The van der Waals surface area contributed by atoms with Crippen molar-refractivity contribution in [3.8, 4) is 0 Å². The summed E-state index contributed by atoms with van der Waals surface area (Å²) in [6, 6.07) is 0. The van der Waals surface area contributed by atoms with Crippen molar-refractivity contribution in [1.82, 2.24) is 10.2 Å². The Morgan fingerprint density at radius 3 is 2.29 bits per heavy atom. The zero-order valence-corrected chi connectivity index (χ0v) is 10.1. The Morgan fingerprint density at radius 1 is 1.14 bits per heavy atom. The van der Waals surface area contributed by atoms with Crippen molar-refractivity contribution in [1.29, 1.82) is 0 Å². The number of likely N-dealkylation sites (N-methyl/N-ethyl adjacent to an activating group) is 1. The van der Waals surface area contributed by atoms with E-state index in [1.807, 2.05) is 0 Å². The van der Waals surface area contributed by atoms with Gasteiger partial charge < -0.3 is 15.3 Å². The molecular formula is C11H26N2O. The number of unbranched alkanes of at least 4 members (excludes halogenated alkanes) is 2. The molecule has 0 aromatic carbocycles. The van der Waals surface area contributed by atoms with E-state index in [1.165, 1.54) is 0 Å². The smallest absolute Gasteiger partial charge is 0.0431 e. The van der Waals surface area contributed by atoms with Crippen LogP contribution in [0.3, 0.4) is 0 Å². The maximum atomic E-state index is 8.60. The molecule has 86 valence electrons. The van der Waals surface area contributed by atoms with Gasteiger partial charge in [0.15, 0.2) is 0 Å². The Bertz CT molecular complexity index is 135. The molecule has 0 amide bonds. The highest BCUT2D eigenvalue weighted by molar-refractivity contribution is 4.79. The van der Waals surface area contributed by atoms with E-state index >= 15 is 0 Å². The van der Waals surface area contributed by atoms with E-state index in [9.17, 15) is 0 Å². The summed E-state index contributed by atoms with van der Waals surface area (Å²) < 4.78 is 0. The Hall–Kier alpha value is -0.120. The molecular weight excluding hydrogens is 176 g/mol. The zero-order valence-electron chi connectivity index (χ0n) is 10.1. The normalized spacial score (nSPS) is 12.4. The summed E-state index contributed by atoms with van der Waals surface area (Å²) in [6.07, 6.45) is 3.20. The van der Waals surface area contributed by atoms with Gasteiger partial charge in [-0.1, -0.05) is 0 Å². The van der Waals surface area contributed by atoms with Crippen LogP contribution in [0.25, 0.3) is 0 Å². The molecule has 3 nitrogen and oxygen atoms in total. The Kier molecular flexibility index (Phi) is 7.15. The number of hydrogen-bond donors (Lipinski definition) is 2. The lowest BCUT2D eigenvalue weighted by molar-refractivity contribution is 0.190. The van der Waals surface area contributed by atoms with Crippen molar-refractivity contribution in [3.63, 3.8) is 0 Å². The van der Waals surface area contributed by atoms with Gasteiger partial charge in [-0.3, -0.25) is 0 Å². The van der Waals surface area contributed by atoms with Gasteiger partial charge in [0.1, 0.15) is 0 Å². The van der Waals surface area contributed by atoms with Gasteiger partial charge in [0.05, 0.1) is 0 Å². The molecule has 0 unspecified atom stereocenters. The maximum Gasteiger partial charge on any atom is 0.0431 e. The summed E-state index contributed by atoms with van der Waals surface area (Å²) in [6.45, 7) is 6.85. The minimum atomic E-state index is 0.219. The lowest BCUT2D eigenvalue weighted by atomic mass is 10.0. The SMILES string of the molecule is CN(C)C(C)(C)CNCCCCCO. The fourth-order valence-corrected chi connectivity index (χ4v) is 1.09. The summed E-state index contributed by atoms with van der Waals surface area (Å²) >= 11 is 0. The molecule has 0 aliphatic rings. The monoisotopic (exact) mass is 202 g/mol. The van der Waals surface area contributed by atoms with Gasteiger partial charge >= 0.3 is 0 Å². The topological polar surface area (TPSA) is 35.5 Å². The fourth-order valence-electron chi connectivity index (χ4n) is 1.09. The average molecular weight is 202 g/mol. The van der Waals surface area contributed by atoms with E-state index in [4.69, 9.17) is 5.11 Å². The summed E-state index contributed by atoms with van der Waals surface area (Å²) in [4.78, 5) is 2.23. The van der Waals surface area contributed by atoms with Crippen LogP contribution < -0.4 is 5.32 Å². The molecule has 0 aliphatic carbocycles. The minimum absolute atomic E-state index is 0.219. The van der Waals surface area contributed by atoms with Crippen LogP contribution in [0.5, 0.6) is 0 Å². The van der Waals surface area contributed by atoms with E-state index in [1.54, 1.807) is 0 Å². The van der Waals surface area contributed by atoms with Gasteiger partial charge in [-0.15, -0.1) is 0 Å². The molecule has 0 spiro atoms. The molecule has 0 rings (SSSR count). The Labute approximate surface area is 88.5 Å². The predicted molar refractivity (Wildman–Crippen MR) is 61.6 cm³/mol. The Balaban J connectivity index is 3.35. The van der Waals surface area contributed by atoms with E-state index < -0.39 is 0 Å². The first-order valence-corrected chi connectivity index (χ1v) is 5.49. The number of nitrogens with zero attached hydrogens (tertiary/aromatic N) is 1. The first-order chi connectivity index (χ1) is 6.50. The Morgan fingerprint density at radius 2 is 1.79 bits per heavy atom. The molecule has 0 saturated heterocycles. The van der Waals surface area contributed by atoms with Crippen LogP contribution in [0.15, 0.2) is 0 Å². The number of aliphatic hydroxyl groups excluding tert-OH is 1. The van der Waals surface area contributed by atoms with Crippen LogP contribution >= 0.6 is 0 Å². The van der Waals surface area contributed by atoms with Crippen molar-refractivity contribution in [2.45, 2.75) is 38.6 Å². The molecule has 0 aromatic heterocycles. The van der Waals surface area contributed by atoms with E-state index in [0.29, 0.717) is 6.61 Å². The van der Waals surface area contributed by atoms with Gasteiger partial charge in [-0.25, -0.2) is 0 Å². The molecule has 2 N–H and O–H groups in total. The van der Waals surface area contributed by atoms with Crippen LogP contribution in [0.1, 0.15) is 33.1 Å². The van der Waals surface area contributed by atoms with E-state index in [-0.39, 0.29) is 5.54 Å². The van der Waals surface area contributed by atoms with Crippen LogP contribution in [-0.4, -0.2) is 49.3 Å². The van der Waals surface area contributed by atoms with Crippen molar-refractivity contribution >= 4 is 0 Å². The van der Waals surface area contributed by atoms with Crippen molar-refractivity contribution in [3.05, 3.63) is 0 Å². The zero-order chi connectivity index (χ0) is 11.0. The second-order valence-corrected chi connectivity index (χ2v) is 4.67. The third kappa shape index (κ3) is 6.35. The van der Waals surface area contributed by atoms with Crippen molar-refractivity contribution < 1.29 is 5.11 Å². The van der Waals surface area contributed by atoms with Gasteiger partial charge in [-0.2, -0.15) is 0 Å². The second kappa shape index (κ2) is 7.21. The van der Waals surface area contributed by atoms with Gasteiger partial charge in [0.25, 0.3) is 0 Å². The molecule has 14 heavy (non-hydrogen) atoms. The van der Waals surface area contributed by atoms with E-state index in [2.05, 4.69) is 38.2 Å². The minimum Gasteiger partial charge on any atom is -0.396 e. The summed E-state index contributed by atoms with van der Waals surface area (Å²) in [5, 5.41) is 12.0. The van der Waals surface area contributed by atoms with Gasteiger partial charge in [-0.05, 0) is 53.8 Å². The maximum absolute atomic E-state index is 8.60. The number of nitrogens with one attached hydrogen (secondary N) is 1. The molecule has 0 saturated carbocycles. The highest BCUT2D eigenvalue weighted by Crippen LogP contribution is 2.07. The molecule has 0 fully saturated rings.